The molecule has 2 heterocycles. The number of hydrogen-bond donors (Lipinski definition) is 1. The van der Waals surface area contributed by atoms with Gasteiger partial charge in [0.2, 0.25) is 0 Å². The summed E-state index contributed by atoms with van der Waals surface area (Å²) in [5.74, 6) is 0.720. The van der Waals surface area contributed by atoms with E-state index in [1.54, 1.807) is 23.4 Å². The van der Waals surface area contributed by atoms with E-state index < -0.39 is 5.60 Å². The second kappa shape index (κ2) is 7.39. The molecule has 8 nitrogen and oxygen atoms in total. The van der Waals surface area contributed by atoms with Crippen LogP contribution in [0.25, 0.3) is 5.76 Å². The van der Waals surface area contributed by atoms with E-state index in [1.165, 1.54) is 0 Å². The zero-order chi connectivity index (χ0) is 19.6. The van der Waals surface area contributed by atoms with Gasteiger partial charge < -0.3 is 24.3 Å². The Bertz CT molecular complexity index is 712. The number of carbonyl (C=O) groups is 2. The Labute approximate surface area is 154 Å². The Morgan fingerprint density at radius 1 is 1.35 bits per heavy atom. The van der Waals surface area contributed by atoms with Crippen molar-refractivity contribution in [1.82, 2.24) is 19.8 Å². The van der Waals surface area contributed by atoms with E-state index in [9.17, 15) is 9.59 Å². The summed E-state index contributed by atoms with van der Waals surface area (Å²) in [5.41, 5.74) is 0.525. The largest absolute Gasteiger partial charge is 0.491 e. The van der Waals surface area contributed by atoms with Gasteiger partial charge in [-0.15, -0.1) is 0 Å². The minimum absolute atomic E-state index is 0.108. The molecule has 1 saturated heterocycles. The van der Waals surface area contributed by atoms with Gasteiger partial charge >= 0.3 is 6.09 Å². The maximum atomic E-state index is 12.6. The lowest BCUT2D eigenvalue weighted by molar-refractivity contribution is 0.00528. The number of likely N-dealkylation sites (tertiary alicyclic amines) is 1. The molecule has 2 amide bonds. The maximum absolute atomic E-state index is 12.6. The van der Waals surface area contributed by atoms with Gasteiger partial charge in [0.25, 0.3) is 5.91 Å². The van der Waals surface area contributed by atoms with Crippen LogP contribution in [0.3, 0.4) is 0 Å². The van der Waals surface area contributed by atoms with Gasteiger partial charge in [0, 0.05) is 20.1 Å². The van der Waals surface area contributed by atoms with Crippen molar-refractivity contribution in [3.63, 3.8) is 0 Å². The van der Waals surface area contributed by atoms with E-state index in [0.29, 0.717) is 42.7 Å². The monoisotopic (exact) mass is 364 g/mol. The minimum Gasteiger partial charge on any atom is -0.491 e. The summed E-state index contributed by atoms with van der Waals surface area (Å²) < 4.78 is 12.4. The van der Waals surface area contributed by atoms with Crippen molar-refractivity contribution in [3.05, 3.63) is 23.8 Å². The van der Waals surface area contributed by atoms with Gasteiger partial charge in [0.15, 0.2) is 11.6 Å². The summed E-state index contributed by atoms with van der Waals surface area (Å²) in [6.45, 7) is 14.3. The average Bonchev–Trinajstić information content (AvgIpc) is 2.75. The highest BCUT2D eigenvalue weighted by Crippen LogP contribution is 2.19. The van der Waals surface area contributed by atoms with Gasteiger partial charge in [0.05, 0.1) is 18.3 Å². The summed E-state index contributed by atoms with van der Waals surface area (Å²) in [6, 6.07) is -0.108. The van der Waals surface area contributed by atoms with Gasteiger partial charge in [0.1, 0.15) is 11.3 Å². The average molecular weight is 364 g/mol. The van der Waals surface area contributed by atoms with Crippen LogP contribution in [-0.4, -0.2) is 57.8 Å². The molecule has 0 atom stereocenters. The third kappa shape index (κ3) is 4.36. The highest BCUT2D eigenvalue weighted by molar-refractivity contribution is 5.94. The van der Waals surface area contributed by atoms with Crippen LogP contribution in [-0.2, 0) is 16.5 Å². The number of aryl methyl sites for hydroxylation is 1. The SMILES string of the molecule is C=C(OCC)c1nc(C)c(C(=O)NC2CN(C(=O)OC(C)(C)C)C2)n1C. The van der Waals surface area contributed by atoms with E-state index in [4.69, 9.17) is 9.47 Å². The molecule has 0 aromatic carbocycles. The lowest BCUT2D eigenvalue weighted by atomic mass is 10.1. The number of ether oxygens (including phenoxy) is 2. The molecule has 0 unspecified atom stereocenters. The maximum Gasteiger partial charge on any atom is 0.410 e. The van der Waals surface area contributed by atoms with Crippen LogP contribution in [0.2, 0.25) is 0 Å². The molecule has 1 aromatic heterocycles. The first-order valence-corrected chi connectivity index (χ1v) is 8.67. The molecule has 144 valence electrons. The molecule has 1 aromatic rings. The highest BCUT2D eigenvalue weighted by Gasteiger charge is 2.35. The van der Waals surface area contributed by atoms with Gasteiger partial charge in [-0.3, -0.25) is 4.79 Å². The Hall–Kier alpha value is -2.51. The Kier molecular flexibility index (Phi) is 5.63. The Morgan fingerprint density at radius 3 is 2.50 bits per heavy atom. The predicted molar refractivity (Wildman–Crippen MR) is 97.7 cm³/mol. The molecule has 1 N–H and O–H groups in total. The molecule has 0 radical (unpaired) electrons. The molecule has 0 saturated carbocycles. The summed E-state index contributed by atoms with van der Waals surface area (Å²) in [7, 11) is 1.75. The number of aromatic nitrogens is 2. The van der Waals surface area contributed by atoms with E-state index in [2.05, 4.69) is 16.9 Å². The molecule has 1 aliphatic rings. The van der Waals surface area contributed by atoms with Crippen molar-refractivity contribution >= 4 is 17.8 Å². The molecular weight excluding hydrogens is 336 g/mol. The fourth-order valence-electron chi connectivity index (χ4n) is 2.74. The van der Waals surface area contributed by atoms with Gasteiger partial charge in [-0.05, 0) is 34.6 Å². The van der Waals surface area contributed by atoms with Crippen LogP contribution in [0.5, 0.6) is 0 Å². The first-order valence-electron chi connectivity index (χ1n) is 8.67. The van der Waals surface area contributed by atoms with E-state index in [1.807, 2.05) is 27.7 Å². The van der Waals surface area contributed by atoms with Gasteiger partial charge in [-0.2, -0.15) is 0 Å². The highest BCUT2D eigenvalue weighted by atomic mass is 16.6. The molecule has 1 fully saturated rings. The summed E-state index contributed by atoms with van der Waals surface area (Å²) >= 11 is 0. The van der Waals surface area contributed by atoms with Crippen LogP contribution in [0, 0.1) is 6.92 Å². The third-order valence-corrected chi connectivity index (χ3v) is 3.92. The van der Waals surface area contributed by atoms with Crippen LogP contribution in [0.4, 0.5) is 4.79 Å². The van der Waals surface area contributed by atoms with Crippen molar-refractivity contribution in [2.24, 2.45) is 7.05 Å². The fraction of sp³-hybridized carbons (Fsp3) is 0.611. The van der Waals surface area contributed by atoms with Crippen LogP contribution in [0.1, 0.15) is 49.7 Å². The second-order valence-corrected chi connectivity index (χ2v) is 7.34. The lowest BCUT2D eigenvalue weighted by Gasteiger charge is -2.39. The number of rotatable bonds is 5. The number of hydrogen-bond acceptors (Lipinski definition) is 5. The molecule has 0 spiro atoms. The zero-order valence-corrected chi connectivity index (χ0v) is 16.4. The first-order chi connectivity index (χ1) is 12.0. The van der Waals surface area contributed by atoms with E-state index in [0.717, 1.165) is 0 Å². The summed E-state index contributed by atoms with van der Waals surface area (Å²) in [6.07, 6.45) is -0.366. The van der Waals surface area contributed by atoms with Gasteiger partial charge in [-0.25, -0.2) is 9.78 Å². The molecular formula is C18H28N4O4. The van der Waals surface area contributed by atoms with Crippen molar-refractivity contribution in [2.45, 2.75) is 46.3 Å². The smallest absolute Gasteiger partial charge is 0.410 e. The van der Waals surface area contributed by atoms with Crippen molar-refractivity contribution in [2.75, 3.05) is 19.7 Å². The lowest BCUT2D eigenvalue weighted by Crippen LogP contribution is -2.61. The fourth-order valence-corrected chi connectivity index (χ4v) is 2.74. The number of amides is 2. The Balaban J connectivity index is 1.96. The topological polar surface area (TPSA) is 85.7 Å². The molecule has 0 bridgehead atoms. The molecule has 0 aliphatic carbocycles. The molecule has 8 heteroatoms. The molecule has 1 aliphatic heterocycles. The van der Waals surface area contributed by atoms with Crippen molar-refractivity contribution in [1.29, 1.82) is 0 Å². The number of nitrogens with one attached hydrogen (secondary N) is 1. The molecule has 2 rings (SSSR count). The van der Waals surface area contributed by atoms with Crippen LogP contribution >= 0.6 is 0 Å². The quantitative estimate of drug-likeness (QED) is 0.809. The number of carbonyl (C=O) groups excluding carboxylic acids is 2. The van der Waals surface area contributed by atoms with Crippen LogP contribution < -0.4 is 5.32 Å². The first kappa shape index (κ1) is 19.8. The zero-order valence-electron chi connectivity index (χ0n) is 16.4. The molecule has 26 heavy (non-hydrogen) atoms. The van der Waals surface area contributed by atoms with E-state index >= 15 is 0 Å². The van der Waals surface area contributed by atoms with Crippen LogP contribution in [0.15, 0.2) is 6.58 Å². The Morgan fingerprint density at radius 2 is 1.96 bits per heavy atom. The second-order valence-electron chi connectivity index (χ2n) is 7.34. The summed E-state index contributed by atoms with van der Waals surface area (Å²) in [4.78, 5) is 30.5. The standard InChI is InChI=1S/C18H28N4O4/c1-8-25-12(3)15-19-11(2)14(21(15)7)16(23)20-13-9-22(10-13)17(24)26-18(4,5)6/h13H,3,8-10H2,1-2,4-7H3,(H,20,23). The predicted octanol–water partition coefficient (Wildman–Crippen LogP) is 2.08. The normalized spacial score (nSPS) is 14.6. The minimum atomic E-state index is -0.531. The van der Waals surface area contributed by atoms with Crippen molar-refractivity contribution in [3.8, 4) is 0 Å². The number of imidazole rings is 1. The van der Waals surface area contributed by atoms with E-state index in [-0.39, 0.29) is 18.0 Å². The van der Waals surface area contributed by atoms with Crippen molar-refractivity contribution < 1.29 is 19.1 Å². The third-order valence-electron chi connectivity index (χ3n) is 3.92. The van der Waals surface area contributed by atoms with Gasteiger partial charge in [-0.1, -0.05) is 6.58 Å². The number of nitrogens with zero attached hydrogens (tertiary/aromatic N) is 3. The summed E-state index contributed by atoms with van der Waals surface area (Å²) in [5, 5.41) is 2.93.